The fraction of sp³-hybridized carbons (Fsp3) is 0.364. The molecule has 0 aliphatic carbocycles. The summed E-state index contributed by atoms with van der Waals surface area (Å²) in [5.74, 6) is -0.947. The van der Waals surface area contributed by atoms with Gasteiger partial charge >= 0.3 is 5.97 Å². The van der Waals surface area contributed by atoms with Crippen molar-refractivity contribution in [3.8, 4) is 11.5 Å². The average Bonchev–Trinajstić information content (AvgIpc) is 2.67. The second-order valence-corrected chi connectivity index (χ2v) is 6.60. The van der Waals surface area contributed by atoms with Gasteiger partial charge in [-0.3, -0.25) is 9.59 Å². The number of methoxy groups -OCH3 is 2. The zero-order chi connectivity index (χ0) is 19.8. The molecule has 144 valence electrons. The monoisotopic (exact) mass is 370 g/mol. The molecule has 0 aliphatic heterocycles. The Hall–Kier alpha value is -2.82. The summed E-state index contributed by atoms with van der Waals surface area (Å²) in [6.45, 7) is 4.37. The van der Waals surface area contributed by atoms with Gasteiger partial charge < -0.3 is 14.2 Å². The summed E-state index contributed by atoms with van der Waals surface area (Å²) < 4.78 is 16.1. The van der Waals surface area contributed by atoms with E-state index in [2.05, 4.69) is 0 Å². The molecule has 2 aromatic carbocycles. The van der Waals surface area contributed by atoms with Gasteiger partial charge in [-0.25, -0.2) is 0 Å². The molecule has 0 heterocycles. The van der Waals surface area contributed by atoms with Crippen molar-refractivity contribution in [2.75, 3.05) is 20.8 Å². The van der Waals surface area contributed by atoms with E-state index < -0.39 is 17.7 Å². The molecule has 0 radical (unpaired) electrons. The highest BCUT2D eigenvalue weighted by atomic mass is 16.5. The van der Waals surface area contributed by atoms with Gasteiger partial charge in [-0.1, -0.05) is 50.2 Å². The Morgan fingerprint density at radius 1 is 0.889 bits per heavy atom. The van der Waals surface area contributed by atoms with Crippen LogP contribution < -0.4 is 9.47 Å². The van der Waals surface area contributed by atoms with Crippen molar-refractivity contribution in [3.05, 3.63) is 59.7 Å². The van der Waals surface area contributed by atoms with Gasteiger partial charge in [-0.2, -0.15) is 0 Å². The predicted molar refractivity (Wildman–Crippen MR) is 103 cm³/mol. The van der Waals surface area contributed by atoms with Crippen LogP contribution in [0.3, 0.4) is 0 Å². The summed E-state index contributed by atoms with van der Waals surface area (Å²) in [5.41, 5.74) is 0.808. The molecule has 1 atom stereocenters. The molecule has 0 spiro atoms. The van der Waals surface area contributed by atoms with Gasteiger partial charge in [0.25, 0.3) is 0 Å². The first-order valence-corrected chi connectivity index (χ1v) is 8.96. The van der Waals surface area contributed by atoms with Crippen LogP contribution in [0.25, 0.3) is 0 Å². The number of Topliss-reactive ketones (excluding diaryl/α,β-unsaturated/α-hetero) is 1. The van der Waals surface area contributed by atoms with Crippen molar-refractivity contribution < 1.29 is 23.8 Å². The second-order valence-electron chi connectivity index (χ2n) is 6.60. The van der Waals surface area contributed by atoms with Gasteiger partial charge in [-0.15, -0.1) is 0 Å². The molecular formula is C22H26O5. The van der Waals surface area contributed by atoms with Gasteiger partial charge in [0.2, 0.25) is 0 Å². The maximum Gasteiger partial charge on any atom is 0.321 e. The van der Waals surface area contributed by atoms with E-state index in [0.717, 1.165) is 6.42 Å². The number of hydrogen-bond acceptors (Lipinski definition) is 5. The zero-order valence-electron chi connectivity index (χ0n) is 16.2. The first-order chi connectivity index (χ1) is 13.0. The van der Waals surface area contributed by atoms with Crippen LogP contribution in [0.4, 0.5) is 0 Å². The molecule has 5 nitrogen and oxygen atoms in total. The summed E-state index contributed by atoms with van der Waals surface area (Å²) >= 11 is 0. The SMILES string of the molecule is COc1cccc(OC)c1C(=O)C(C(=O)OCCC(C)C)c1ccccc1. The maximum atomic E-state index is 13.4. The minimum atomic E-state index is -1.08. The molecule has 0 aromatic heterocycles. The van der Waals surface area contributed by atoms with Crippen LogP contribution in [-0.2, 0) is 9.53 Å². The van der Waals surface area contributed by atoms with Gasteiger partial charge in [0.15, 0.2) is 5.78 Å². The number of ether oxygens (including phenoxy) is 3. The lowest BCUT2D eigenvalue weighted by atomic mass is 9.89. The Morgan fingerprint density at radius 2 is 1.48 bits per heavy atom. The molecule has 0 aliphatic rings. The average molecular weight is 370 g/mol. The van der Waals surface area contributed by atoms with E-state index >= 15 is 0 Å². The largest absolute Gasteiger partial charge is 0.496 e. The van der Waals surface area contributed by atoms with Gasteiger partial charge in [-0.05, 0) is 30.0 Å². The summed E-state index contributed by atoms with van der Waals surface area (Å²) in [6, 6.07) is 14.0. The molecule has 27 heavy (non-hydrogen) atoms. The second kappa shape index (κ2) is 9.76. The Kier molecular flexibility index (Phi) is 7.41. The Morgan fingerprint density at radius 3 is 2.00 bits per heavy atom. The van der Waals surface area contributed by atoms with Crippen LogP contribution in [0.15, 0.2) is 48.5 Å². The molecule has 0 saturated heterocycles. The van der Waals surface area contributed by atoms with E-state index in [1.165, 1.54) is 14.2 Å². The number of hydrogen-bond donors (Lipinski definition) is 0. The lowest BCUT2D eigenvalue weighted by molar-refractivity contribution is -0.144. The third-order valence-electron chi connectivity index (χ3n) is 4.24. The molecule has 0 amide bonds. The van der Waals surface area contributed by atoms with E-state index in [1.807, 2.05) is 19.9 Å². The predicted octanol–water partition coefficient (Wildman–Crippen LogP) is 4.26. The first-order valence-electron chi connectivity index (χ1n) is 8.96. The summed E-state index contributed by atoms with van der Waals surface area (Å²) in [6.07, 6.45) is 0.736. The number of rotatable bonds is 9. The number of benzene rings is 2. The Balaban J connectivity index is 2.42. The highest BCUT2D eigenvalue weighted by molar-refractivity contribution is 6.15. The van der Waals surface area contributed by atoms with Crippen molar-refractivity contribution >= 4 is 11.8 Å². The smallest absolute Gasteiger partial charge is 0.321 e. The fourth-order valence-electron chi connectivity index (χ4n) is 2.76. The maximum absolute atomic E-state index is 13.4. The minimum absolute atomic E-state index is 0.233. The number of ketones is 1. The van der Waals surface area contributed by atoms with Crippen molar-refractivity contribution in [3.63, 3.8) is 0 Å². The topological polar surface area (TPSA) is 61.8 Å². The molecule has 2 rings (SSSR count). The van der Waals surface area contributed by atoms with Crippen LogP contribution in [0, 0.1) is 5.92 Å². The van der Waals surface area contributed by atoms with Crippen molar-refractivity contribution in [1.29, 1.82) is 0 Å². The first kappa shape index (κ1) is 20.5. The summed E-state index contributed by atoms with van der Waals surface area (Å²) in [4.78, 5) is 26.2. The number of carbonyl (C=O) groups excluding carboxylic acids is 2. The Labute approximate surface area is 160 Å². The lowest BCUT2D eigenvalue weighted by Gasteiger charge is -2.19. The molecule has 0 bridgehead atoms. The third kappa shape index (κ3) is 5.09. The number of carbonyl (C=O) groups is 2. The molecule has 2 aromatic rings. The van der Waals surface area contributed by atoms with Crippen LogP contribution in [-0.4, -0.2) is 32.6 Å². The van der Waals surface area contributed by atoms with Gasteiger partial charge in [0.05, 0.1) is 20.8 Å². The van der Waals surface area contributed by atoms with Crippen molar-refractivity contribution in [2.45, 2.75) is 26.2 Å². The van der Waals surface area contributed by atoms with E-state index in [9.17, 15) is 9.59 Å². The fourth-order valence-corrected chi connectivity index (χ4v) is 2.76. The third-order valence-corrected chi connectivity index (χ3v) is 4.24. The Bertz CT molecular complexity index is 745. The number of esters is 1. The highest BCUT2D eigenvalue weighted by Crippen LogP contribution is 2.34. The van der Waals surface area contributed by atoms with E-state index in [-0.39, 0.29) is 12.2 Å². The highest BCUT2D eigenvalue weighted by Gasteiger charge is 2.34. The molecular weight excluding hydrogens is 344 g/mol. The minimum Gasteiger partial charge on any atom is -0.496 e. The lowest BCUT2D eigenvalue weighted by Crippen LogP contribution is -2.26. The van der Waals surface area contributed by atoms with Crippen molar-refractivity contribution in [1.82, 2.24) is 0 Å². The van der Waals surface area contributed by atoms with Crippen LogP contribution in [0.2, 0.25) is 0 Å². The molecule has 0 fully saturated rings. The standard InChI is InChI=1S/C22H26O5/c1-15(2)13-14-27-22(24)19(16-9-6-5-7-10-16)21(23)20-17(25-3)11-8-12-18(20)26-4/h5-12,15,19H,13-14H2,1-4H3. The van der Waals surface area contributed by atoms with Crippen LogP contribution in [0.1, 0.15) is 42.1 Å². The van der Waals surface area contributed by atoms with Crippen molar-refractivity contribution in [2.24, 2.45) is 5.92 Å². The molecule has 0 saturated carbocycles. The quantitative estimate of drug-likeness (QED) is 0.375. The van der Waals surface area contributed by atoms with Crippen LogP contribution >= 0.6 is 0 Å². The van der Waals surface area contributed by atoms with E-state index in [1.54, 1.807) is 42.5 Å². The van der Waals surface area contributed by atoms with Gasteiger partial charge in [0.1, 0.15) is 23.0 Å². The van der Waals surface area contributed by atoms with Crippen LogP contribution in [0.5, 0.6) is 11.5 Å². The van der Waals surface area contributed by atoms with E-state index in [0.29, 0.717) is 23.0 Å². The molecule has 1 unspecified atom stereocenters. The van der Waals surface area contributed by atoms with E-state index in [4.69, 9.17) is 14.2 Å². The summed E-state index contributed by atoms with van der Waals surface area (Å²) in [5, 5.41) is 0. The summed E-state index contributed by atoms with van der Waals surface area (Å²) in [7, 11) is 2.95. The van der Waals surface area contributed by atoms with Gasteiger partial charge in [0, 0.05) is 0 Å². The molecule has 5 heteroatoms. The zero-order valence-corrected chi connectivity index (χ0v) is 16.2. The molecule has 0 N–H and O–H groups in total. The normalized spacial score (nSPS) is 11.7.